The molecule has 1 aliphatic rings. The maximum atomic E-state index is 12.7. The Labute approximate surface area is 115 Å². The largest absolute Gasteiger partial charge is 0.465 e. The van der Waals surface area contributed by atoms with E-state index in [0.717, 1.165) is 0 Å². The number of hydrogen-bond acceptors (Lipinski definition) is 2. The third-order valence-corrected chi connectivity index (χ3v) is 3.20. The Bertz CT molecular complexity index is 484. The normalized spacial score (nSPS) is 15.8. The molecule has 6 nitrogen and oxygen atoms in total. The maximum absolute atomic E-state index is 12.7. The first-order chi connectivity index (χ1) is 9.54. The molecule has 3 N–H and O–H groups in total. The Kier molecular flexibility index (Phi) is 4.39. The number of benzene rings is 1. The number of nitrogens with one attached hydrogen (secondary N) is 2. The SMILES string of the molecule is O=C(Nc1ccc(F)cc1)NC1CCN(C(=O)O)CC1. The number of hydrogen-bond donors (Lipinski definition) is 3. The second-order valence-corrected chi connectivity index (χ2v) is 4.65. The van der Waals surface area contributed by atoms with E-state index in [1.165, 1.54) is 29.2 Å². The summed E-state index contributed by atoms with van der Waals surface area (Å²) in [7, 11) is 0. The molecule has 0 atom stereocenters. The number of carboxylic acid groups (broad SMARTS) is 1. The van der Waals surface area contributed by atoms with Crippen molar-refractivity contribution in [2.75, 3.05) is 18.4 Å². The van der Waals surface area contributed by atoms with Crippen molar-refractivity contribution in [2.24, 2.45) is 0 Å². The van der Waals surface area contributed by atoms with Gasteiger partial charge in [-0.05, 0) is 37.1 Å². The molecule has 0 spiro atoms. The lowest BCUT2D eigenvalue weighted by Gasteiger charge is -2.30. The van der Waals surface area contributed by atoms with Crippen molar-refractivity contribution in [3.8, 4) is 0 Å². The van der Waals surface area contributed by atoms with E-state index < -0.39 is 6.09 Å². The number of amides is 3. The fourth-order valence-corrected chi connectivity index (χ4v) is 2.10. The van der Waals surface area contributed by atoms with E-state index in [9.17, 15) is 14.0 Å². The first-order valence-electron chi connectivity index (χ1n) is 6.35. The summed E-state index contributed by atoms with van der Waals surface area (Å²) >= 11 is 0. The van der Waals surface area contributed by atoms with Gasteiger partial charge in [0.1, 0.15) is 5.82 Å². The number of nitrogens with zero attached hydrogens (tertiary/aromatic N) is 1. The van der Waals surface area contributed by atoms with Gasteiger partial charge in [0, 0.05) is 24.8 Å². The van der Waals surface area contributed by atoms with Gasteiger partial charge in [-0.2, -0.15) is 0 Å². The number of halogens is 1. The summed E-state index contributed by atoms with van der Waals surface area (Å²) in [6.07, 6.45) is 0.242. The molecule has 1 heterocycles. The lowest BCUT2D eigenvalue weighted by molar-refractivity contribution is 0.130. The first-order valence-corrected chi connectivity index (χ1v) is 6.35. The molecule has 0 unspecified atom stereocenters. The summed E-state index contributed by atoms with van der Waals surface area (Å²) in [6.45, 7) is 0.827. The highest BCUT2D eigenvalue weighted by Gasteiger charge is 2.23. The summed E-state index contributed by atoms with van der Waals surface area (Å²) in [5.74, 6) is -0.364. The van der Waals surface area contributed by atoms with Crippen molar-refractivity contribution in [3.63, 3.8) is 0 Å². The van der Waals surface area contributed by atoms with E-state index >= 15 is 0 Å². The summed E-state index contributed by atoms with van der Waals surface area (Å²) in [5.41, 5.74) is 0.506. The van der Waals surface area contributed by atoms with Crippen LogP contribution in [0.25, 0.3) is 0 Å². The van der Waals surface area contributed by atoms with Crippen LogP contribution in [0.2, 0.25) is 0 Å². The van der Waals surface area contributed by atoms with Crippen LogP contribution in [-0.4, -0.2) is 41.3 Å². The molecule has 1 aromatic rings. The quantitative estimate of drug-likeness (QED) is 0.776. The molecular formula is C13H16FN3O3. The predicted molar refractivity (Wildman–Crippen MR) is 71.2 cm³/mol. The first kappa shape index (κ1) is 14.1. The van der Waals surface area contributed by atoms with Gasteiger partial charge in [0.05, 0.1) is 0 Å². The van der Waals surface area contributed by atoms with Crippen molar-refractivity contribution in [1.29, 1.82) is 0 Å². The molecule has 3 amide bonds. The van der Waals surface area contributed by atoms with Crippen LogP contribution in [0, 0.1) is 5.82 Å². The lowest BCUT2D eigenvalue weighted by Crippen LogP contribution is -2.47. The van der Waals surface area contributed by atoms with E-state index in [2.05, 4.69) is 10.6 Å². The van der Waals surface area contributed by atoms with Crippen LogP contribution in [0.3, 0.4) is 0 Å². The number of likely N-dealkylation sites (tertiary alicyclic amines) is 1. The monoisotopic (exact) mass is 281 g/mol. The summed E-state index contributed by atoms with van der Waals surface area (Å²) in [4.78, 5) is 23.8. The Balaban J connectivity index is 1.78. The van der Waals surface area contributed by atoms with Crippen LogP contribution in [0.4, 0.5) is 19.7 Å². The van der Waals surface area contributed by atoms with Crippen LogP contribution in [0.15, 0.2) is 24.3 Å². The second-order valence-electron chi connectivity index (χ2n) is 4.65. The maximum Gasteiger partial charge on any atom is 0.407 e. The highest BCUT2D eigenvalue weighted by Crippen LogP contribution is 2.11. The molecule has 0 radical (unpaired) electrons. The molecular weight excluding hydrogens is 265 g/mol. The van der Waals surface area contributed by atoms with E-state index in [4.69, 9.17) is 5.11 Å². The molecule has 1 aromatic carbocycles. The topological polar surface area (TPSA) is 81.7 Å². The summed E-state index contributed by atoms with van der Waals surface area (Å²) in [5, 5.41) is 14.2. The fourth-order valence-electron chi connectivity index (χ4n) is 2.10. The third kappa shape index (κ3) is 3.84. The van der Waals surface area contributed by atoms with Gasteiger partial charge in [-0.3, -0.25) is 0 Å². The molecule has 1 fully saturated rings. The number of carbonyl (C=O) groups excluding carboxylic acids is 1. The number of urea groups is 1. The van der Waals surface area contributed by atoms with Crippen molar-refractivity contribution in [3.05, 3.63) is 30.1 Å². The highest BCUT2D eigenvalue weighted by atomic mass is 19.1. The van der Waals surface area contributed by atoms with Crippen molar-refractivity contribution in [2.45, 2.75) is 18.9 Å². The van der Waals surface area contributed by atoms with Gasteiger partial charge in [0.2, 0.25) is 0 Å². The van der Waals surface area contributed by atoms with E-state index in [-0.39, 0.29) is 17.9 Å². The van der Waals surface area contributed by atoms with Crippen LogP contribution in [0.1, 0.15) is 12.8 Å². The van der Waals surface area contributed by atoms with Gasteiger partial charge < -0.3 is 20.6 Å². The van der Waals surface area contributed by atoms with E-state index in [1.54, 1.807) is 0 Å². The van der Waals surface area contributed by atoms with Gasteiger partial charge >= 0.3 is 12.1 Å². The van der Waals surface area contributed by atoms with Gasteiger partial charge in [-0.15, -0.1) is 0 Å². The molecule has 2 rings (SSSR count). The number of carbonyl (C=O) groups is 2. The molecule has 0 aliphatic carbocycles. The van der Waals surface area contributed by atoms with E-state index in [0.29, 0.717) is 31.6 Å². The molecule has 108 valence electrons. The van der Waals surface area contributed by atoms with Gasteiger partial charge in [0.25, 0.3) is 0 Å². The van der Waals surface area contributed by atoms with Crippen molar-refractivity contribution < 1.29 is 19.1 Å². The fraction of sp³-hybridized carbons (Fsp3) is 0.385. The molecule has 7 heteroatoms. The zero-order chi connectivity index (χ0) is 14.5. The standard InChI is InChI=1S/C13H16FN3O3/c14-9-1-3-10(4-2-9)15-12(18)16-11-5-7-17(8-6-11)13(19)20/h1-4,11H,5-8H2,(H,19,20)(H2,15,16,18). The number of piperidine rings is 1. The minimum atomic E-state index is -0.931. The van der Waals surface area contributed by atoms with E-state index in [1.807, 2.05) is 0 Å². The van der Waals surface area contributed by atoms with Crippen LogP contribution in [-0.2, 0) is 0 Å². The zero-order valence-corrected chi connectivity index (χ0v) is 10.8. The summed E-state index contributed by atoms with van der Waals surface area (Å²) < 4.78 is 12.7. The second kappa shape index (κ2) is 6.23. The minimum Gasteiger partial charge on any atom is -0.465 e. The Morgan fingerprint density at radius 2 is 1.80 bits per heavy atom. The zero-order valence-electron chi connectivity index (χ0n) is 10.8. The van der Waals surface area contributed by atoms with Gasteiger partial charge in [-0.1, -0.05) is 0 Å². The Morgan fingerprint density at radius 1 is 1.20 bits per heavy atom. The van der Waals surface area contributed by atoms with Gasteiger partial charge in [-0.25, -0.2) is 14.0 Å². The van der Waals surface area contributed by atoms with Crippen molar-refractivity contribution >= 4 is 17.8 Å². The smallest absolute Gasteiger partial charge is 0.407 e. The number of rotatable bonds is 2. The van der Waals surface area contributed by atoms with Crippen molar-refractivity contribution in [1.82, 2.24) is 10.2 Å². The Hall–Kier alpha value is -2.31. The Morgan fingerprint density at radius 3 is 2.35 bits per heavy atom. The predicted octanol–water partition coefficient (Wildman–Crippen LogP) is 2.09. The lowest BCUT2D eigenvalue weighted by atomic mass is 10.1. The average Bonchev–Trinajstić information content (AvgIpc) is 2.42. The molecule has 1 aliphatic heterocycles. The molecule has 1 saturated heterocycles. The van der Waals surface area contributed by atoms with Crippen LogP contribution in [0.5, 0.6) is 0 Å². The highest BCUT2D eigenvalue weighted by molar-refractivity contribution is 5.89. The van der Waals surface area contributed by atoms with Gasteiger partial charge in [0.15, 0.2) is 0 Å². The van der Waals surface area contributed by atoms with Crippen LogP contribution >= 0.6 is 0 Å². The molecule has 20 heavy (non-hydrogen) atoms. The number of anilines is 1. The molecule has 0 bridgehead atoms. The molecule has 0 saturated carbocycles. The molecule has 0 aromatic heterocycles. The average molecular weight is 281 g/mol. The van der Waals surface area contributed by atoms with Crippen LogP contribution < -0.4 is 10.6 Å². The third-order valence-electron chi connectivity index (χ3n) is 3.20. The minimum absolute atomic E-state index is 0.0500. The summed E-state index contributed by atoms with van der Waals surface area (Å²) in [6, 6.07) is 5.06.